The van der Waals surface area contributed by atoms with Gasteiger partial charge in [0.1, 0.15) is 6.10 Å². The zero-order valence-electron chi connectivity index (χ0n) is 15.9. The number of nitrogens with zero attached hydrogens (tertiary/aromatic N) is 2. The van der Waals surface area contributed by atoms with Gasteiger partial charge >= 0.3 is 6.09 Å². The Balaban J connectivity index is 1.84. The van der Waals surface area contributed by atoms with Crippen LogP contribution in [-0.4, -0.2) is 43.3 Å². The zero-order valence-corrected chi connectivity index (χ0v) is 15.9. The van der Waals surface area contributed by atoms with Crippen molar-refractivity contribution < 1.29 is 19.1 Å². The van der Waals surface area contributed by atoms with Crippen LogP contribution < -0.4 is 15.0 Å². The van der Waals surface area contributed by atoms with E-state index >= 15 is 0 Å². The Morgan fingerprint density at radius 2 is 2.11 bits per heavy atom. The van der Waals surface area contributed by atoms with Crippen molar-refractivity contribution >= 4 is 17.7 Å². The third kappa shape index (κ3) is 4.02. The SMILES string of the molecule is COc1ccc(-c2cc(C)c(N3C[C@H](CNC(C)=O)OC3=O)cc2C)cn1. The molecule has 1 saturated heterocycles. The maximum atomic E-state index is 12.3. The molecule has 1 aliphatic rings. The highest BCUT2D eigenvalue weighted by atomic mass is 16.6. The molecule has 0 radical (unpaired) electrons. The third-order valence-corrected chi connectivity index (χ3v) is 4.54. The monoisotopic (exact) mass is 369 g/mol. The number of hydrogen-bond acceptors (Lipinski definition) is 5. The highest BCUT2D eigenvalue weighted by Crippen LogP contribution is 2.33. The van der Waals surface area contributed by atoms with E-state index in [0.717, 1.165) is 27.9 Å². The molecule has 27 heavy (non-hydrogen) atoms. The number of aromatic nitrogens is 1. The summed E-state index contributed by atoms with van der Waals surface area (Å²) in [6.45, 7) is 6.12. The molecule has 7 heteroatoms. The summed E-state index contributed by atoms with van der Waals surface area (Å²) in [5.74, 6) is 0.420. The smallest absolute Gasteiger partial charge is 0.414 e. The average Bonchev–Trinajstić information content (AvgIpc) is 3.02. The summed E-state index contributed by atoms with van der Waals surface area (Å²) in [5, 5.41) is 2.69. The predicted octanol–water partition coefficient (Wildman–Crippen LogP) is 2.84. The number of pyridine rings is 1. The number of rotatable bonds is 5. The van der Waals surface area contributed by atoms with E-state index in [0.29, 0.717) is 19.0 Å². The Hall–Kier alpha value is -3.09. The molecule has 7 nitrogen and oxygen atoms in total. The topological polar surface area (TPSA) is 80.8 Å². The molecule has 3 rings (SSSR count). The summed E-state index contributed by atoms with van der Waals surface area (Å²) in [6, 6.07) is 7.81. The molecule has 142 valence electrons. The lowest BCUT2D eigenvalue weighted by atomic mass is 9.98. The molecule has 1 aliphatic heterocycles. The van der Waals surface area contributed by atoms with E-state index in [4.69, 9.17) is 9.47 Å². The lowest BCUT2D eigenvalue weighted by molar-refractivity contribution is -0.119. The second kappa shape index (κ2) is 7.65. The number of amides is 2. The number of carbonyl (C=O) groups excluding carboxylic acids is 2. The Bertz CT molecular complexity index is 864. The van der Waals surface area contributed by atoms with Crippen LogP contribution in [0.5, 0.6) is 5.88 Å². The molecule has 0 spiro atoms. The van der Waals surface area contributed by atoms with Gasteiger partial charge in [0.15, 0.2) is 0 Å². The van der Waals surface area contributed by atoms with Gasteiger partial charge in [-0.05, 0) is 48.7 Å². The second-order valence-electron chi connectivity index (χ2n) is 6.60. The standard InChI is InChI=1S/C20H23N3O4/c1-12-8-18(23-11-16(27-20(23)25)10-21-14(3)24)13(2)7-17(12)15-5-6-19(26-4)22-9-15/h5-9,16H,10-11H2,1-4H3,(H,21,24)/t16-/m0/s1. The van der Waals surface area contributed by atoms with E-state index < -0.39 is 6.09 Å². The van der Waals surface area contributed by atoms with E-state index in [1.54, 1.807) is 18.2 Å². The Morgan fingerprint density at radius 1 is 1.33 bits per heavy atom. The summed E-state index contributed by atoms with van der Waals surface area (Å²) >= 11 is 0. The van der Waals surface area contributed by atoms with Crippen LogP contribution in [0.3, 0.4) is 0 Å². The van der Waals surface area contributed by atoms with Crippen molar-refractivity contribution in [2.75, 3.05) is 25.1 Å². The van der Waals surface area contributed by atoms with Gasteiger partial charge in [-0.2, -0.15) is 0 Å². The molecule has 0 bridgehead atoms. The summed E-state index contributed by atoms with van der Waals surface area (Å²) in [5.41, 5.74) is 4.83. The number of benzene rings is 1. The summed E-state index contributed by atoms with van der Waals surface area (Å²) in [6.07, 6.45) is 1.02. The van der Waals surface area contributed by atoms with Crippen molar-refractivity contribution in [3.8, 4) is 17.0 Å². The second-order valence-corrected chi connectivity index (χ2v) is 6.60. The first kappa shape index (κ1) is 18.7. The fraction of sp³-hybridized carbons (Fsp3) is 0.350. The number of hydrogen-bond donors (Lipinski definition) is 1. The zero-order chi connectivity index (χ0) is 19.6. The average molecular weight is 369 g/mol. The first-order valence-electron chi connectivity index (χ1n) is 8.73. The molecule has 1 fully saturated rings. The number of cyclic esters (lactones) is 1. The molecule has 2 aromatic rings. The van der Waals surface area contributed by atoms with Crippen LogP contribution in [0.4, 0.5) is 10.5 Å². The van der Waals surface area contributed by atoms with Crippen molar-refractivity contribution in [1.82, 2.24) is 10.3 Å². The Morgan fingerprint density at radius 3 is 2.74 bits per heavy atom. The number of carbonyl (C=O) groups is 2. The van der Waals surface area contributed by atoms with Crippen LogP contribution in [0, 0.1) is 13.8 Å². The molecule has 0 unspecified atom stereocenters. The van der Waals surface area contributed by atoms with Gasteiger partial charge in [0, 0.05) is 24.8 Å². The first-order valence-corrected chi connectivity index (χ1v) is 8.73. The van der Waals surface area contributed by atoms with Gasteiger partial charge in [-0.25, -0.2) is 9.78 Å². The summed E-state index contributed by atoms with van der Waals surface area (Å²) in [7, 11) is 1.58. The van der Waals surface area contributed by atoms with Crippen molar-refractivity contribution in [2.24, 2.45) is 0 Å². The highest BCUT2D eigenvalue weighted by molar-refractivity contribution is 5.91. The molecule has 2 heterocycles. The van der Waals surface area contributed by atoms with Gasteiger partial charge in [0.25, 0.3) is 0 Å². The first-order chi connectivity index (χ1) is 12.9. The minimum absolute atomic E-state index is 0.144. The van der Waals surface area contributed by atoms with Gasteiger partial charge in [0.05, 0.1) is 25.9 Å². The van der Waals surface area contributed by atoms with Crippen molar-refractivity contribution in [3.05, 3.63) is 41.6 Å². The number of anilines is 1. The van der Waals surface area contributed by atoms with Crippen molar-refractivity contribution in [3.63, 3.8) is 0 Å². The van der Waals surface area contributed by atoms with Crippen molar-refractivity contribution in [2.45, 2.75) is 26.9 Å². The molecule has 1 aromatic heterocycles. The van der Waals surface area contributed by atoms with Gasteiger partial charge in [-0.1, -0.05) is 0 Å². The molecule has 0 saturated carbocycles. The predicted molar refractivity (Wildman–Crippen MR) is 102 cm³/mol. The lowest BCUT2D eigenvalue weighted by Gasteiger charge is -2.19. The van der Waals surface area contributed by atoms with Crippen LogP contribution in [0.1, 0.15) is 18.1 Å². The third-order valence-electron chi connectivity index (χ3n) is 4.54. The molecule has 1 N–H and O–H groups in total. The van der Waals surface area contributed by atoms with E-state index in [1.807, 2.05) is 38.1 Å². The van der Waals surface area contributed by atoms with Crippen LogP contribution in [-0.2, 0) is 9.53 Å². The van der Waals surface area contributed by atoms with Gasteiger partial charge in [-0.15, -0.1) is 0 Å². The largest absolute Gasteiger partial charge is 0.481 e. The Labute approximate surface area is 158 Å². The van der Waals surface area contributed by atoms with E-state index in [1.165, 1.54) is 6.92 Å². The van der Waals surface area contributed by atoms with E-state index in [9.17, 15) is 9.59 Å². The molecular weight excluding hydrogens is 346 g/mol. The fourth-order valence-electron chi connectivity index (χ4n) is 3.15. The maximum Gasteiger partial charge on any atom is 0.414 e. The lowest BCUT2D eigenvalue weighted by Crippen LogP contribution is -2.33. The normalized spacial score (nSPS) is 16.2. The maximum absolute atomic E-state index is 12.3. The van der Waals surface area contributed by atoms with Gasteiger partial charge in [0.2, 0.25) is 11.8 Å². The summed E-state index contributed by atoms with van der Waals surface area (Å²) in [4.78, 5) is 29.2. The molecular formula is C20H23N3O4. The quantitative estimate of drug-likeness (QED) is 0.877. The molecule has 1 aromatic carbocycles. The number of ether oxygens (including phenoxy) is 2. The Kier molecular flexibility index (Phi) is 5.30. The van der Waals surface area contributed by atoms with Gasteiger partial charge in [-0.3, -0.25) is 9.69 Å². The summed E-state index contributed by atoms with van der Waals surface area (Å²) < 4.78 is 10.5. The van der Waals surface area contributed by atoms with Crippen LogP contribution >= 0.6 is 0 Å². The minimum Gasteiger partial charge on any atom is -0.481 e. The number of nitrogens with one attached hydrogen (secondary N) is 1. The minimum atomic E-state index is -0.397. The van der Waals surface area contributed by atoms with Crippen LogP contribution in [0.2, 0.25) is 0 Å². The molecule has 0 aliphatic carbocycles. The fourth-order valence-corrected chi connectivity index (χ4v) is 3.15. The van der Waals surface area contributed by atoms with Crippen LogP contribution in [0.15, 0.2) is 30.5 Å². The molecule has 2 amide bonds. The number of methoxy groups -OCH3 is 1. The van der Waals surface area contributed by atoms with E-state index in [-0.39, 0.29) is 12.0 Å². The van der Waals surface area contributed by atoms with Crippen molar-refractivity contribution in [1.29, 1.82) is 0 Å². The van der Waals surface area contributed by atoms with Gasteiger partial charge < -0.3 is 14.8 Å². The van der Waals surface area contributed by atoms with Crippen LogP contribution in [0.25, 0.3) is 11.1 Å². The number of aryl methyl sites for hydroxylation is 2. The van der Waals surface area contributed by atoms with E-state index in [2.05, 4.69) is 10.3 Å². The highest BCUT2D eigenvalue weighted by Gasteiger charge is 2.33. The molecule has 1 atom stereocenters.